The first-order chi connectivity index (χ1) is 8.65. The van der Waals surface area contributed by atoms with Crippen molar-refractivity contribution in [2.24, 2.45) is 23.5 Å². The zero-order valence-corrected chi connectivity index (χ0v) is 10.2. The van der Waals surface area contributed by atoms with Crippen molar-refractivity contribution in [3.8, 4) is 0 Å². The van der Waals surface area contributed by atoms with E-state index in [1.165, 1.54) is 6.42 Å². The van der Waals surface area contributed by atoms with Crippen molar-refractivity contribution in [3.63, 3.8) is 0 Å². The molecule has 18 heavy (non-hydrogen) atoms. The number of nitrogens with one attached hydrogen (secondary N) is 1. The summed E-state index contributed by atoms with van der Waals surface area (Å²) in [6, 6.07) is 3.46. The van der Waals surface area contributed by atoms with Gasteiger partial charge in [-0.05, 0) is 43.2 Å². The molecule has 1 amide bonds. The standard InChI is InChI=1S/C13H18N4O/c14-10-4-3-9(6-16-10)17-13(18)11-7-1-2-8(5-7)12(11)15/h3-4,6-8,11-12H,1-2,5,15H2,(H2,14,16)(H,17,18). The van der Waals surface area contributed by atoms with E-state index in [0.717, 1.165) is 12.8 Å². The first-order valence-electron chi connectivity index (χ1n) is 6.43. The zero-order chi connectivity index (χ0) is 12.7. The summed E-state index contributed by atoms with van der Waals surface area (Å²) in [6.45, 7) is 0. The summed E-state index contributed by atoms with van der Waals surface area (Å²) in [5.41, 5.74) is 12.3. The van der Waals surface area contributed by atoms with E-state index in [-0.39, 0.29) is 17.9 Å². The predicted octanol–water partition coefficient (Wildman–Crippen LogP) is 0.976. The van der Waals surface area contributed by atoms with Gasteiger partial charge in [0, 0.05) is 6.04 Å². The van der Waals surface area contributed by atoms with Crippen molar-refractivity contribution in [2.45, 2.75) is 25.3 Å². The van der Waals surface area contributed by atoms with Crippen LogP contribution in [-0.2, 0) is 4.79 Å². The van der Waals surface area contributed by atoms with Crippen LogP contribution in [0.4, 0.5) is 11.5 Å². The van der Waals surface area contributed by atoms with Crippen molar-refractivity contribution >= 4 is 17.4 Å². The molecule has 5 N–H and O–H groups in total. The molecule has 5 heteroatoms. The Hall–Kier alpha value is -1.62. The summed E-state index contributed by atoms with van der Waals surface area (Å²) in [5, 5.41) is 2.89. The maximum atomic E-state index is 12.2. The van der Waals surface area contributed by atoms with E-state index >= 15 is 0 Å². The third kappa shape index (κ3) is 1.84. The number of hydrogen-bond donors (Lipinski definition) is 3. The van der Waals surface area contributed by atoms with Crippen molar-refractivity contribution in [3.05, 3.63) is 18.3 Å². The Kier molecular flexibility index (Phi) is 2.70. The Morgan fingerprint density at radius 1 is 1.33 bits per heavy atom. The van der Waals surface area contributed by atoms with Crippen molar-refractivity contribution < 1.29 is 4.79 Å². The maximum Gasteiger partial charge on any atom is 0.229 e. The van der Waals surface area contributed by atoms with E-state index in [1.807, 2.05) is 0 Å². The minimum atomic E-state index is -0.0405. The molecule has 3 rings (SSSR count). The number of nitrogens with zero attached hydrogens (tertiary/aromatic N) is 1. The van der Waals surface area contributed by atoms with Crippen molar-refractivity contribution in [2.75, 3.05) is 11.1 Å². The van der Waals surface area contributed by atoms with E-state index in [4.69, 9.17) is 11.5 Å². The van der Waals surface area contributed by atoms with Crippen LogP contribution in [0.2, 0.25) is 0 Å². The average Bonchev–Trinajstić information content (AvgIpc) is 2.92. The Morgan fingerprint density at radius 2 is 2.11 bits per heavy atom. The number of hydrogen-bond acceptors (Lipinski definition) is 4. The molecule has 1 aromatic heterocycles. The zero-order valence-electron chi connectivity index (χ0n) is 10.2. The second kappa shape index (κ2) is 4.24. The SMILES string of the molecule is Nc1ccc(NC(=O)C2C3CCC(C3)C2N)cn1. The molecular weight excluding hydrogens is 228 g/mol. The number of anilines is 2. The number of carbonyl (C=O) groups excluding carboxylic acids is 1. The number of rotatable bonds is 2. The van der Waals surface area contributed by atoms with E-state index in [0.29, 0.717) is 23.3 Å². The molecule has 2 aliphatic carbocycles. The van der Waals surface area contributed by atoms with Gasteiger partial charge in [0.05, 0.1) is 17.8 Å². The van der Waals surface area contributed by atoms with Crippen molar-refractivity contribution in [1.29, 1.82) is 0 Å². The molecule has 2 aliphatic rings. The van der Waals surface area contributed by atoms with Crippen LogP contribution < -0.4 is 16.8 Å². The number of amides is 1. The second-order valence-electron chi connectivity index (χ2n) is 5.40. The number of nitrogen functional groups attached to an aromatic ring is 1. The van der Waals surface area contributed by atoms with E-state index in [1.54, 1.807) is 18.3 Å². The number of carbonyl (C=O) groups is 1. The number of fused-ring (bicyclic) bond motifs is 2. The van der Waals surface area contributed by atoms with Crippen LogP contribution in [0.3, 0.4) is 0 Å². The molecule has 0 saturated heterocycles. The van der Waals surface area contributed by atoms with Crippen LogP contribution >= 0.6 is 0 Å². The van der Waals surface area contributed by atoms with Gasteiger partial charge in [-0.3, -0.25) is 4.79 Å². The molecule has 4 atom stereocenters. The van der Waals surface area contributed by atoms with Gasteiger partial charge >= 0.3 is 0 Å². The van der Waals surface area contributed by atoms with Gasteiger partial charge in [0.1, 0.15) is 5.82 Å². The molecule has 2 saturated carbocycles. The molecule has 0 spiro atoms. The first-order valence-corrected chi connectivity index (χ1v) is 6.43. The van der Waals surface area contributed by atoms with Gasteiger partial charge in [-0.1, -0.05) is 0 Å². The highest BCUT2D eigenvalue weighted by atomic mass is 16.2. The van der Waals surface area contributed by atoms with Crippen LogP contribution in [0, 0.1) is 17.8 Å². The molecule has 96 valence electrons. The minimum absolute atomic E-state index is 0.0190. The maximum absolute atomic E-state index is 12.2. The Morgan fingerprint density at radius 3 is 2.72 bits per heavy atom. The summed E-state index contributed by atoms with van der Waals surface area (Å²) in [6.07, 6.45) is 5.00. The van der Waals surface area contributed by atoms with Gasteiger partial charge in [-0.25, -0.2) is 4.98 Å². The fourth-order valence-electron chi connectivity index (χ4n) is 3.43. The van der Waals surface area contributed by atoms with Gasteiger partial charge in [0.25, 0.3) is 0 Å². The highest BCUT2D eigenvalue weighted by Gasteiger charge is 2.49. The Labute approximate surface area is 106 Å². The molecule has 0 aliphatic heterocycles. The lowest BCUT2D eigenvalue weighted by atomic mass is 9.84. The lowest BCUT2D eigenvalue weighted by Gasteiger charge is -2.26. The molecule has 5 nitrogen and oxygen atoms in total. The lowest BCUT2D eigenvalue weighted by Crippen LogP contribution is -2.42. The van der Waals surface area contributed by atoms with E-state index < -0.39 is 0 Å². The normalized spacial score (nSPS) is 33.6. The summed E-state index contributed by atoms with van der Waals surface area (Å²) in [4.78, 5) is 16.2. The molecule has 2 bridgehead atoms. The van der Waals surface area contributed by atoms with Crippen LogP contribution in [-0.4, -0.2) is 16.9 Å². The monoisotopic (exact) mass is 246 g/mol. The lowest BCUT2D eigenvalue weighted by molar-refractivity contribution is -0.121. The summed E-state index contributed by atoms with van der Waals surface area (Å²) in [7, 11) is 0. The van der Waals surface area contributed by atoms with Crippen LogP contribution in [0.5, 0.6) is 0 Å². The number of nitrogens with two attached hydrogens (primary N) is 2. The molecule has 1 aromatic rings. The molecule has 4 unspecified atom stereocenters. The van der Waals surface area contributed by atoms with Crippen LogP contribution in [0.1, 0.15) is 19.3 Å². The summed E-state index contributed by atoms with van der Waals surface area (Å²) < 4.78 is 0. The average molecular weight is 246 g/mol. The number of pyridine rings is 1. The largest absolute Gasteiger partial charge is 0.384 e. The predicted molar refractivity (Wildman–Crippen MR) is 69.6 cm³/mol. The third-order valence-electron chi connectivity index (χ3n) is 4.34. The van der Waals surface area contributed by atoms with Crippen LogP contribution in [0.25, 0.3) is 0 Å². The summed E-state index contributed by atoms with van der Waals surface area (Å²) >= 11 is 0. The van der Waals surface area contributed by atoms with Gasteiger partial charge in [-0.2, -0.15) is 0 Å². The van der Waals surface area contributed by atoms with Crippen LogP contribution in [0.15, 0.2) is 18.3 Å². The first kappa shape index (κ1) is 11.5. The van der Waals surface area contributed by atoms with Gasteiger partial charge in [0.2, 0.25) is 5.91 Å². The smallest absolute Gasteiger partial charge is 0.229 e. The van der Waals surface area contributed by atoms with E-state index in [9.17, 15) is 4.79 Å². The molecule has 1 heterocycles. The molecule has 0 radical (unpaired) electrons. The second-order valence-corrected chi connectivity index (χ2v) is 5.40. The third-order valence-corrected chi connectivity index (χ3v) is 4.34. The molecule has 0 aromatic carbocycles. The highest BCUT2D eigenvalue weighted by molar-refractivity contribution is 5.93. The minimum Gasteiger partial charge on any atom is -0.384 e. The van der Waals surface area contributed by atoms with E-state index in [2.05, 4.69) is 10.3 Å². The Balaban J connectivity index is 1.70. The fourth-order valence-corrected chi connectivity index (χ4v) is 3.43. The highest BCUT2D eigenvalue weighted by Crippen LogP contribution is 2.47. The van der Waals surface area contributed by atoms with Gasteiger partial charge in [-0.15, -0.1) is 0 Å². The molecule has 2 fully saturated rings. The fraction of sp³-hybridized carbons (Fsp3) is 0.538. The van der Waals surface area contributed by atoms with Gasteiger partial charge < -0.3 is 16.8 Å². The summed E-state index contributed by atoms with van der Waals surface area (Å²) in [5.74, 6) is 1.44. The molecular formula is C13H18N4O. The quantitative estimate of drug-likeness (QED) is 0.725. The Bertz CT molecular complexity index is 457. The van der Waals surface area contributed by atoms with Gasteiger partial charge in [0.15, 0.2) is 0 Å². The van der Waals surface area contributed by atoms with Crippen molar-refractivity contribution in [1.82, 2.24) is 4.98 Å². The number of aromatic nitrogens is 1. The topological polar surface area (TPSA) is 94.0 Å².